The summed E-state index contributed by atoms with van der Waals surface area (Å²) in [6.45, 7) is 6.99. The summed E-state index contributed by atoms with van der Waals surface area (Å²) < 4.78 is 5.91. The van der Waals surface area contributed by atoms with Crippen LogP contribution in [0.15, 0.2) is 54.6 Å². The number of nitrogens with one attached hydrogen (secondary N) is 1. The van der Waals surface area contributed by atoms with Crippen molar-refractivity contribution >= 4 is 17.7 Å². The van der Waals surface area contributed by atoms with Crippen LogP contribution in [0.4, 0.5) is 0 Å². The number of nitrogens with two attached hydrogens (primary N) is 1. The monoisotopic (exact) mass is 520 g/mol. The van der Waals surface area contributed by atoms with Crippen LogP contribution >= 0.6 is 0 Å². The maximum Gasteiger partial charge on any atom is 0.247 e. The van der Waals surface area contributed by atoms with Crippen LogP contribution in [-0.2, 0) is 25.7 Å². The summed E-state index contributed by atoms with van der Waals surface area (Å²) in [4.78, 5) is 43.7. The third kappa shape index (κ3) is 5.92. The van der Waals surface area contributed by atoms with Crippen molar-refractivity contribution in [1.29, 1.82) is 0 Å². The molecule has 1 spiro atoms. The molecule has 8 nitrogen and oxygen atoms in total. The van der Waals surface area contributed by atoms with Gasteiger partial charge in [0.1, 0.15) is 6.04 Å². The van der Waals surface area contributed by atoms with E-state index in [0.29, 0.717) is 32.7 Å². The molecule has 3 atom stereocenters. The van der Waals surface area contributed by atoms with E-state index in [9.17, 15) is 14.4 Å². The second-order valence-corrected chi connectivity index (χ2v) is 11.4. The molecule has 2 heterocycles. The zero-order valence-electron chi connectivity index (χ0n) is 22.9. The number of ether oxygens (including phenoxy) is 1. The van der Waals surface area contributed by atoms with Crippen LogP contribution in [0.3, 0.4) is 0 Å². The second-order valence-electron chi connectivity index (χ2n) is 11.4. The molecule has 204 valence electrons. The van der Waals surface area contributed by atoms with Gasteiger partial charge in [0.15, 0.2) is 0 Å². The van der Waals surface area contributed by atoms with Gasteiger partial charge in [0, 0.05) is 32.6 Å². The summed E-state index contributed by atoms with van der Waals surface area (Å²) in [5, 5.41) is 2.82. The highest BCUT2D eigenvalue weighted by Crippen LogP contribution is 2.49. The van der Waals surface area contributed by atoms with E-state index in [4.69, 9.17) is 10.5 Å². The van der Waals surface area contributed by atoms with Gasteiger partial charge < -0.3 is 25.6 Å². The van der Waals surface area contributed by atoms with Crippen LogP contribution in [0.5, 0.6) is 0 Å². The number of nitrogens with zero attached hydrogens (tertiary/aromatic N) is 2. The van der Waals surface area contributed by atoms with E-state index < -0.39 is 22.9 Å². The van der Waals surface area contributed by atoms with E-state index in [0.717, 1.165) is 23.1 Å². The number of piperidine rings is 1. The van der Waals surface area contributed by atoms with Crippen molar-refractivity contribution in [1.82, 2.24) is 15.1 Å². The van der Waals surface area contributed by atoms with Crippen LogP contribution in [0.25, 0.3) is 0 Å². The predicted molar refractivity (Wildman–Crippen MR) is 146 cm³/mol. The third-order valence-electron chi connectivity index (χ3n) is 7.80. The second kappa shape index (κ2) is 11.3. The lowest BCUT2D eigenvalue weighted by Crippen LogP contribution is -2.60. The fourth-order valence-electron chi connectivity index (χ4n) is 5.62. The number of rotatable bonds is 8. The van der Waals surface area contributed by atoms with Gasteiger partial charge in [-0.1, -0.05) is 60.2 Å². The Labute approximate surface area is 225 Å². The van der Waals surface area contributed by atoms with E-state index in [1.54, 1.807) is 23.6 Å². The third-order valence-corrected chi connectivity index (χ3v) is 7.80. The molecule has 2 aliphatic heterocycles. The van der Waals surface area contributed by atoms with E-state index in [-0.39, 0.29) is 24.3 Å². The molecule has 0 aromatic heterocycles. The molecule has 4 rings (SSSR count). The van der Waals surface area contributed by atoms with Crippen molar-refractivity contribution in [2.75, 3.05) is 33.3 Å². The first-order chi connectivity index (χ1) is 18.0. The van der Waals surface area contributed by atoms with Gasteiger partial charge in [-0.2, -0.15) is 0 Å². The molecule has 3 unspecified atom stereocenters. The maximum atomic E-state index is 13.9. The Morgan fingerprint density at radius 2 is 1.84 bits per heavy atom. The smallest absolute Gasteiger partial charge is 0.247 e. The molecule has 2 fully saturated rings. The molecular formula is C30H40N4O4. The molecule has 2 aromatic carbocycles. The average molecular weight is 521 g/mol. The highest BCUT2D eigenvalue weighted by atomic mass is 16.5. The first-order valence-electron chi connectivity index (χ1n) is 13.3. The quantitative estimate of drug-likeness (QED) is 0.557. The molecule has 0 saturated carbocycles. The van der Waals surface area contributed by atoms with Gasteiger partial charge in [0.2, 0.25) is 17.7 Å². The van der Waals surface area contributed by atoms with Crippen molar-refractivity contribution < 1.29 is 19.1 Å². The molecule has 2 saturated heterocycles. The Morgan fingerprint density at radius 1 is 1.16 bits per heavy atom. The molecule has 38 heavy (non-hydrogen) atoms. The summed E-state index contributed by atoms with van der Waals surface area (Å²) in [6.07, 6.45) is 1.43. The molecular weight excluding hydrogens is 480 g/mol. The molecule has 2 aliphatic rings. The fraction of sp³-hybridized carbons (Fsp3) is 0.500. The summed E-state index contributed by atoms with van der Waals surface area (Å²) in [5.41, 5.74) is 7.42. The fourth-order valence-corrected chi connectivity index (χ4v) is 5.62. The van der Waals surface area contributed by atoms with Gasteiger partial charge in [-0.15, -0.1) is 0 Å². The first kappa shape index (κ1) is 27.8. The van der Waals surface area contributed by atoms with E-state index in [1.807, 2.05) is 56.4 Å². The van der Waals surface area contributed by atoms with E-state index in [2.05, 4.69) is 17.4 Å². The van der Waals surface area contributed by atoms with E-state index >= 15 is 0 Å². The Hall–Kier alpha value is -3.23. The largest absolute Gasteiger partial charge is 0.374 e. The van der Waals surface area contributed by atoms with Gasteiger partial charge >= 0.3 is 0 Å². The number of hydrogen-bond acceptors (Lipinski definition) is 5. The number of carbonyl (C=O) groups excluding carboxylic acids is 3. The van der Waals surface area contributed by atoms with Crippen LogP contribution in [-0.4, -0.2) is 72.4 Å². The van der Waals surface area contributed by atoms with Gasteiger partial charge in [0.25, 0.3) is 0 Å². The topological polar surface area (TPSA) is 105 Å². The minimum absolute atomic E-state index is 0.00793. The van der Waals surface area contributed by atoms with Gasteiger partial charge in [0.05, 0.1) is 24.2 Å². The summed E-state index contributed by atoms with van der Waals surface area (Å²) >= 11 is 0. The van der Waals surface area contributed by atoms with Gasteiger partial charge in [-0.25, -0.2) is 0 Å². The highest BCUT2D eigenvalue weighted by Gasteiger charge is 2.55. The Bertz CT molecular complexity index is 1150. The van der Waals surface area contributed by atoms with Crippen LogP contribution in [0.2, 0.25) is 0 Å². The van der Waals surface area contributed by atoms with Crippen molar-refractivity contribution in [3.63, 3.8) is 0 Å². The van der Waals surface area contributed by atoms with Gasteiger partial charge in [-0.3, -0.25) is 14.4 Å². The number of carbonyl (C=O) groups is 3. The molecule has 2 aromatic rings. The average Bonchev–Trinajstić information content (AvgIpc) is 3.13. The van der Waals surface area contributed by atoms with Crippen LogP contribution < -0.4 is 11.1 Å². The van der Waals surface area contributed by atoms with Crippen molar-refractivity contribution in [2.45, 2.75) is 57.7 Å². The number of hydrogen-bond donors (Lipinski definition) is 2. The van der Waals surface area contributed by atoms with E-state index in [1.165, 1.54) is 0 Å². The van der Waals surface area contributed by atoms with Crippen molar-refractivity contribution in [3.8, 4) is 0 Å². The number of aryl methyl sites for hydroxylation is 1. The Morgan fingerprint density at radius 3 is 2.50 bits per heavy atom. The maximum absolute atomic E-state index is 13.9. The Balaban J connectivity index is 1.53. The molecule has 8 heteroatoms. The zero-order valence-corrected chi connectivity index (χ0v) is 22.9. The lowest BCUT2D eigenvalue weighted by molar-refractivity contribution is -0.147. The summed E-state index contributed by atoms with van der Waals surface area (Å²) in [5.74, 6) is -0.617. The predicted octanol–water partition coefficient (Wildman–Crippen LogP) is 2.60. The molecule has 3 amide bonds. The molecule has 0 radical (unpaired) electrons. The molecule has 3 N–H and O–H groups in total. The van der Waals surface area contributed by atoms with Crippen LogP contribution in [0.1, 0.15) is 49.3 Å². The first-order valence-corrected chi connectivity index (χ1v) is 13.3. The van der Waals surface area contributed by atoms with Crippen molar-refractivity contribution in [2.24, 2.45) is 11.1 Å². The number of likely N-dealkylation sites (tertiary alicyclic amines) is 2. The number of likely N-dealkylation sites (N-methyl/N-ethyl adjacent to an activating group) is 1. The number of benzene rings is 2. The minimum Gasteiger partial charge on any atom is -0.374 e. The highest BCUT2D eigenvalue weighted by molar-refractivity contribution is 5.92. The Kier molecular flexibility index (Phi) is 8.23. The summed E-state index contributed by atoms with van der Waals surface area (Å²) in [7, 11) is 1.83. The zero-order chi connectivity index (χ0) is 27.5. The van der Waals surface area contributed by atoms with Crippen molar-refractivity contribution in [3.05, 3.63) is 71.3 Å². The lowest BCUT2D eigenvalue weighted by atomic mass is 9.69. The summed E-state index contributed by atoms with van der Waals surface area (Å²) in [6, 6.07) is 17.1. The number of amides is 3. The molecule has 0 bridgehead atoms. The van der Waals surface area contributed by atoms with Gasteiger partial charge in [-0.05, 0) is 44.7 Å². The standard InChI is InChI=1S/C30H40N4O4/c1-21-11-13-22(14-12-21)18-38-19-25(32-27(36)29(2,3)31)26(35)34-16-8-15-30(20-34)24(17-33(4)28(30)37)23-9-6-5-7-10-23/h5-7,9-14,24-25H,8,15-20,31H2,1-4H3,(H,32,36). The lowest BCUT2D eigenvalue weighted by Gasteiger charge is -2.43. The van der Waals surface area contributed by atoms with Crippen LogP contribution in [0, 0.1) is 12.3 Å². The SMILES string of the molecule is Cc1ccc(COCC(NC(=O)C(C)(C)N)C(=O)N2CCCC3(C2)C(=O)N(C)CC3c2ccccc2)cc1. The normalized spacial score (nSPS) is 22.6. The minimum atomic E-state index is -1.15. The molecule has 0 aliphatic carbocycles.